The lowest BCUT2D eigenvalue weighted by Crippen LogP contribution is -2.60. The van der Waals surface area contributed by atoms with Crippen molar-refractivity contribution >= 4 is 108 Å². The third-order valence-electron chi connectivity index (χ3n) is 16.4. The molecule has 0 radical (unpaired) electrons. The largest absolute Gasteiger partial charge is 0.453 e. The van der Waals surface area contributed by atoms with Crippen molar-refractivity contribution in [3.8, 4) is 50.9 Å². The quantitative estimate of drug-likeness (QED) is 0.154. The molecule has 0 aliphatic carbocycles. The van der Waals surface area contributed by atoms with Crippen LogP contribution in [-0.4, -0.2) is 11.3 Å². The second-order valence-electron chi connectivity index (χ2n) is 20.7. The standard InChI is InChI=1S/C72H45BN4O2S/c1-4-21-46(22-5-1)51-28-20-29-52(47-23-6-2-7-24-47)71(51)77-62-43-49(75-57-31-12-16-35-64(57)78-65-36-17-13-32-58(65)75)39-40-54(62)73-55-41-42-61-69(53-27-10-11-30-56(53)74(61)48-25-8-3-9-26-48)72(55)80-68-45-50(44-63(77)70(68)73)76-59-33-14-18-37-66(59)79-67-38-19-15-34-60(67)76/h1-45H. The Bertz CT molecular complexity index is 4530. The molecule has 374 valence electrons. The van der Waals surface area contributed by atoms with Crippen LogP contribution in [0.2, 0.25) is 0 Å². The second kappa shape index (κ2) is 17.7. The lowest BCUT2D eigenvalue weighted by Gasteiger charge is -2.43. The minimum atomic E-state index is -0.147. The van der Waals surface area contributed by atoms with E-state index < -0.39 is 0 Å². The molecule has 1 aromatic heterocycles. The average Bonchev–Trinajstić information content (AvgIpc) is 4.04. The maximum absolute atomic E-state index is 6.71. The Balaban J connectivity index is 1.02. The van der Waals surface area contributed by atoms with Crippen LogP contribution < -0.4 is 40.6 Å². The highest BCUT2D eigenvalue weighted by molar-refractivity contribution is 8.00. The molecular formula is C72H45BN4O2S. The number of nitrogens with zero attached hydrogens (tertiary/aromatic N) is 4. The Hall–Kier alpha value is -10.1. The van der Waals surface area contributed by atoms with Crippen molar-refractivity contribution in [3.63, 3.8) is 0 Å². The van der Waals surface area contributed by atoms with Gasteiger partial charge in [-0.15, -0.1) is 0 Å². The molecule has 0 unspecified atom stereocenters. The first-order chi connectivity index (χ1) is 39.7. The van der Waals surface area contributed by atoms with Crippen LogP contribution in [0.4, 0.5) is 51.2 Å². The molecule has 4 aliphatic heterocycles. The predicted molar refractivity (Wildman–Crippen MR) is 331 cm³/mol. The van der Waals surface area contributed by atoms with Crippen LogP contribution in [-0.2, 0) is 0 Å². The lowest BCUT2D eigenvalue weighted by molar-refractivity contribution is 0.477. The Morgan fingerprint density at radius 3 is 1.44 bits per heavy atom. The molecule has 0 N–H and O–H groups in total. The zero-order valence-electron chi connectivity index (χ0n) is 43.1. The first-order valence-corrected chi connectivity index (χ1v) is 28.0. The van der Waals surface area contributed by atoms with Gasteiger partial charge >= 0.3 is 0 Å². The van der Waals surface area contributed by atoms with Crippen molar-refractivity contribution in [1.82, 2.24) is 4.57 Å². The zero-order chi connectivity index (χ0) is 52.4. The maximum atomic E-state index is 6.71. The molecule has 0 bridgehead atoms. The molecule has 12 aromatic carbocycles. The average molecular weight is 1040 g/mol. The number of para-hydroxylation sites is 11. The van der Waals surface area contributed by atoms with Gasteiger partial charge in [0.15, 0.2) is 23.0 Å². The van der Waals surface area contributed by atoms with E-state index in [1.54, 1.807) is 0 Å². The summed E-state index contributed by atoms with van der Waals surface area (Å²) in [5.74, 6) is 3.23. The van der Waals surface area contributed by atoms with Gasteiger partial charge in [0.2, 0.25) is 6.71 Å². The topological polar surface area (TPSA) is 33.1 Å². The van der Waals surface area contributed by atoms with Crippen molar-refractivity contribution in [2.45, 2.75) is 9.79 Å². The monoisotopic (exact) mass is 1040 g/mol. The van der Waals surface area contributed by atoms with E-state index in [4.69, 9.17) is 9.47 Å². The molecule has 4 aliphatic rings. The molecule has 0 spiro atoms. The van der Waals surface area contributed by atoms with Crippen LogP contribution in [0.15, 0.2) is 283 Å². The summed E-state index contributed by atoms with van der Waals surface area (Å²) in [6.45, 7) is -0.147. The highest BCUT2D eigenvalue weighted by Gasteiger charge is 2.44. The second-order valence-corrected chi connectivity index (χ2v) is 21.8. The summed E-state index contributed by atoms with van der Waals surface area (Å²) in [5.41, 5.74) is 21.1. The van der Waals surface area contributed by atoms with Crippen LogP contribution in [0.25, 0.3) is 49.7 Å². The Morgan fingerprint density at radius 2 is 0.838 bits per heavy atom. The van der Waals surface area contributed by atoms with Gasteiger partial charge in [0.05, 0.1) is 39.5 Å². The predicted octanol–water partition coefficient (Wildman–Crippen LogP) is 18.0. The first-order valence-electron chi connectivity index (χ1n) is 27.2. The van der Waals surface area contributed by atoms with Crippen molar-refractivity contribution < 1.29 is 9.47 Å². The van der Waals surface area contributed by atoms with Gasteiger partial charge in [-0.05, 0) is 119 Å². The summed E-state index contributed by atoms with van der Waals surface area (Å²) >= 11 is 1.91. The van der Waals surface area contributed by atoms with Crippen LogP contribution in [0.3, 0.4) is 0 Å². The Kier molecular flexibility index (Phi) is 9.94. The molecule has 8 heteroatoms. The fourth-order valence-corrected chi connectivity index (χ4v) is 14.4. The number of aromatic nitrogens is 1. The van der Waals surface area contributed by atoms with Crippen LogP contribution in [0, 0.1) is 0 Å². The summed E-state index contributed by atoms with van der Waals surface area (Å²) in [6.07, 6.45) is 0. The van der Waals surface area contributed by atoms with E-state index >= 15 is 0 Å². The number of hydrogen-bond donors (Lipinski definition) is 0. The van der Waals surface area contributed by atoms with Crippen molar-refractivity contribution in [2.75, 3.05) is 14.7 Å². The smallest absolute Gasteiger partial charge is 0.249 e. The fourth-order valence-electron chi connectivity index (χ4n) is 13.0. The summed E-state index contributed by atoms with van der Waals surface area (Å²) in [5, 5.41) is 2.49. The molecule has 17 rings (SSSR count). The Labute approximate surface area is 467 Å². The minimum absolute atomic E-state index is 0.147. The first kappa shape index (κ1) is 44.9. The van der Waals surface area contributed by atoms with Crippen molar-refractivity contribution in [3.05, 3.63) is 273 Å². The maximum Gasteiger partial charge on any atom is 0.249 e. The number of fused-ring (bicyclic) bond motifs is 12. The third kappa shape index (κ3) is 6.69. The van der Waals surface area contributed by atoms with Gasteiger partial charge in [0.1, 0.15) is 0 Å². The third-order valence-corrected chi connectivity index (χ3v) is 17.6. The number of hydrogen-bond acceptors (Lipinski definition) is 6. The Morgan fingerprint density at radius 1 is 0.338 bits per heavy atom. The van der Waals surface area contributed by atoms with Crippen LogP contribution in [0.1, 0.15) is 0 Å². The van der Waals surface area contributed by atoms with Crippen LogP contribution in [0.5, 0.6) is 23.0 Å². The van der Waals surface area contributed by atoms with Crippen LogP contribution >= 0.6 is 11.8 Å². The van der Waals surface area contributed by atoms with Gasteiger partial charge in [0.25, 0.3) is 0 Å². The number of ether oxygens (including phenoxy) is 2. The van der Waals surface area contributed by atoms with E-state index in [1.165, 1.54) is 48.0 Å². The zero-order valence-corrected chi connectivity index (χ0v) is 43.9. The van der Waals surface area contributed by atoms with Gasteiger partial charge in [-0.3, -0.25) is 0 Å². The molecular weight excluding hydrogens is 996 g/mol. The molecule has 13 aromatic rings. The lowest BCUT2D eigenvalue weighted by atomic mass is 9.34. The van der Waals surface area contributed by atoms with E-state index in [0.717, 1.165) is 102 Å². The molecule has 0 amide bonds. The number of rotatable bonds is 6. The molecule has 0 saturated heterocycles. The van der Waals surface area contributed by atoms with Gasteiger partial charge < -0.3 is 28.7 Å². The van der Waals surface area contributed by atoms with Crippen molar-refractivity contribution in [1.29, 1.82) is 0 Å². The van der Waals surface area contributed by atoms with Gasteiger partial charge in [-0.25, -0.2) is 0 Å². The molecule has 0 fully saturated rings. The molecule has 0 atom stereocenters. The molecule has 5 heterocycles. The highest BCUT2D eigenvalue weighted by Crippen LogP contribution is 2.57. The van der Waals surface area contributed by atoms with Gasteiger partial charge in [-0.1, -0.05) is 193 Å². The summed E-state index contributed by atoms with van der Waals surface area (Å²) in [6, 6.07) is 98.9. The summed E-state index contributed by atoms with van der Waals surface area (Å²) < 4.78 is 15.8. The highest BCUT2D eigenvalue weighted by atomic mass is 32.2. The fraction of sp³-hybridized carbons (Fsp3) is 0. The molecule has 6 nitrogen and oxygen atoms in total. The van der Waals surface area contributed by atoms with E-state index in [2.05, 4.69) is 292 Å². The van der Waals surface area contributed by atoms with E-state index in [1.807, 2.05) is 11.8 Å². The van der Waals surface area contributed by atoms with Crippen molar-refractivity contribution in [2.24, 2.45) is 0 Å². The number of benzene rings is 12. The van der Waals surface area contributed by atoms with E-state index in [0.29, 0.717) is 0 Å². The molecule has 0 saturated carbocycles. The molecule has 80 heavy (non-hydrogen) atoms. The normalized spacial score (nSPS) is 13.3. The summed E-state index contributed by atoms with van der Waals surface area (Å²) in [4.78, 5) is 9.87. The van der Waals surface area contributed by atoms with E-state index in [9.17, 15) is 0 Å². The van der Waals surface area contributed by atoms with Gasteiger partial charge in [0, 0.05) is 60.1 Å². The van der Waals surface area contributed by atoms with E-state index in [-0.39, 0.29) is 6.71 Å². The summed E-state index contributed by atoms with van der Waals surface area (Å²) in [7, 11) is 0. The SMILES string of the molecule is c1ccc(-c2cccc(-c3ccccc3)c2N2c3cc(N4c5ccccc5Oc5ccccc54)ccc3B3c4ccc5c(c4Sc4cc(N6c7ccccc7Oc7ccccc76)cc2c43)c2ccccc2n5-c2ccccc2)cc1. The number of anilines is 9. The van der Waals surface area contributed by atoms with Gasteiger partial charge in [-0.2, -0.15) is 0 Å². The minimum Gasteiger partial charge on any atom is -0.453 e.